The number of halogens is 1. The van der Waals surface area contributed by atoms with Crippen molar-refractivity contribution in [1.82, 2.24) is 15.1 Å². The van der Waals surface area contributed by atoms with Gasteiger partial charge in [0.05, 0.1) is 11.9 Å². The average Bonchev–Trinajstić information content (AvgIpc) is 3.44. The molecule has 3 aromatic carbocycles. The highest BCUT2D eigenvalue weighted by Gasteiger charge is 2.28. The molecule has 0 bridgehead atoms. The lowest BCUT2D eigenvalue weighted by molar-refractivity contribution is 0.144. The molecule has 1 aliphatic carbocycles. The number of aromatic nitrogens is 2. The zero-order valence-electron chi connectivity index (χ0n) is 17.8. The summed E-state index contributed by atoms with van der Waals surface area (Å²) in [6.45, 7) is 0.603. The highest BCUT2D eigenvalue weighted by molar-refractivity contribution is 5.79. The summed E-state index contributed by atoms with van der Waals surface area (Å²) in [6.07, 6.45) is 6.66. The molecule has 0 unspecified atom stereocenters. The van der Waals surface area contributed by atoms with Crippen molar-refractivity contribution in [3.63, 3.8) is 0 Å². The van der Waals surface area contributed by atoms with Crippen LogP contribution >= 0.6 is 0 Å². The van der Waals surface area contributed by atoms with Crippen LogP contribution in [-0.4, -0.2) is 29.0 Å². The first kappa shape index (κ1) is 20.7. The largest absolute Gasteiger partial charge is 0.449 e. The molecule has 5 rings (SSSR count). The molecular weight excluding hydrogens is 417 g/mol. The third kappa shape index (κ3) is 4.41. The van der Waals surface area contributed by atoms with Gasteiger partial charge in [-0.2, -0.15) is 5.10 Å². The molecule has 0 radical (unpaired) electrons. The number of benzene rings is 3. The van der Waals surface area contributed by atoms with Crippen molar-refractivity contribution in [3.8, 4) is 16.8 Å². The Morgan fingerprint density at radius 3 is 2.48 bits per heavy atom. The molecule has 1 aliphatic rings. The Morgan fingerprint density at radius 2 is 1.76 bits per heavy atom. The number of hydrogen-bond donors (Lipinski definition) is 1. The molecule has 1 amide bonds. The second kappa shape index (κ2) is 9.12. The standard InChI is InChI=1S/C27H22FN3O2/c28-20-8-5-9-21(15-20)31-17-19(16-30-31)7-6-14-29-27(32)33-18-26-24-12-3-1-10-22(24)23-11-2-4-13-25(23)26/h1-13,15-17,26H,14,18H2,(H,29,32). The number of alkyl carbamates (subject to hydrolysis) is 1. The molecule has 5 nitrogen and oxygen atoms in total. The van der Waals surface area contributed by atoms with E-state index >= 15 is 0 Å². The maximum atomic E-state index is 13.4. The van der Waals surface area contributed by atoms with Crippen LogP contribution in [0.4, 0.5) is 9.18 Å². The summed E-state index contributed by atoms with van der Waals surface area (Å²) < 4.78 is 20.5. The van der Waals surface area contributed by atoms with E-state index in [4.69, 9.17) is 4.74 Å². The average molecular weight is 439 g/mol. The van der Waals surface area contributed by atoms with Crippen LogP contribution in [0.1, 0.15) is 22.6 Å². The molecule has 0 atom stereocenters. The van der Waals surface area contributed by atoms with Gasteiger partial charge in [-0.25, -0.2) is 13.9 Å². The van der Waals surface area contributed by atoms with E-state index in [9.17, 15) is 9.18 Å². The number of fused-ring (bicyclic) bond motifs is 3. The number of amides is 1. The topological polar surface area (TPSA) is 56.2 Å². The maximum Gasteiger partial charge on any atom is 0.407 e. The van der Waals surface area contributed by atoms with Gasteiger partial charge in [-0.15, -0.1) is 0 Å². The van der Waals surface area contributed by atoms with Gasteiger partial charge < -0.3 is 10.1 Å². The lowest BCUT2D eigenvalue weighted by Crippen LogP contribution is -2.26. The van der Waals surface area contributed by atoms with Crippen molar-refractivity contribution in [3.05, 3.63) is 114 Å². The van der Waals surface area contributed by atoms with Crippen LogP contribution in [0.5, 0.6) is 0 Å². The first-order chi connectivity index (χ1) is 16.2. The lowest BCUT2D eigenvalue weighted by atomic mass is 9.98. The fraction of sp³-hybridized carbons (Fsp3) is 0.111. The normalized spacial score (nSPS) is 12.5. The summed E-state index contributed by atoms with van der Waals surface area (Å²) in [7, 11) is 0. The minimum atomic E-state index is -0.461. The number of carbonyl (C=O) groups is 1. The fourth-order valence-corrected chi connectivity index (χ4v) is 4.17. The van der Waals surface area contributed by atoms with Crippen LogP contribution in [0.25, 0.3) is 22.9 Å². The molecule has 33 heavy (non-hydrogen) atoms. The molecule has 4 aromatic rings. The van der Waals surface area contributed by atoms with Crippen molar-refractivity contribution >= 4 is 12.2 Å². The Balaban J connectivity index is 1.14. The van der Waals surface area contributed by atoms with Gasteiger partial charge in [0.15, 0.2) is 0 Å². The van der Waals surface area contributed by atoms with E-state index in [-0.39, 0.29) is 18.3 Å². The second-order valence-electron chi connectivity index (χ2n) is 7.81. The molecule has 0 fully saturated rings. The highest BCUT2D eigenvalue weighted by Crippen LogP contribution is 2.44. The molecule has 1 heterocycles. The number of rotatable bonds is 6. The Kier molecular flexibility index (Phi) is 5.72. The lowest BCUT2D eigenvalue weighted by Gasteiger charge is -2.14. The van der Waals surface area contributed by atoms with E-state index in [0.29, 0.717) is 12.2 Å². The first-order valence-corrected chi connectivity index (χ1v) is 10.7. The smallest absolute Gasteiger partial charge is 0.407 e. The summed E-state index contributed by atoms with van der Waals surface area (Å²) in [6, 6.07) is 22.7. The number of nitrogens with zero attached hydrogens (tertiary/aromatic N) is 2. The number of hydrogen-bond acceptors (Lipinski definition) is 3. The summed E-state index contributed by atoms with van der Waals surface area (Å²) in [5.41, 5.74) is 6.25. The van der Waals surface area contributed by atoms with Gasteiger partial charge in [-0.1, -0.05) is 66.7 Å². The molecule has 0 aliphatic heterocycles. The SMILES string of the molecule is O=C(NCC=Cc1cnn(-c2cccc(F)c2)c1)OCC1c2ccccc2-c2ccccc21. The van der Waals surface area contributed by atoms with Crippen LogP contribution in [0.3, 0.4) is 0 Å². The minimum Gasteiger partial charge on any atom is -0.449 e. The van der Waals surface area contributed by atoms with E-state index in [0.717, 1.165) is 5.56 Å². The molecule has 0 saturated carbocycles. The molecule has 1 aromatic heterocycles. The van der Waals surface area contributed by atoms with Gasteiger partial charge in [0.25, 0.3) is 0 Å². The summed E-state index contributed by atoms with van der Waals surface area (Å²) in [5.74, 6) is -0.278. The predicted octanol–water partition coefficient (Wildman–Crippen LogP) is 5.56. The van der Waals surface area contributed by atoms with Crippen molar-refractivity contribution in [2.24, 2.45) is 0 Å². The number of carbonyl (C=O) groups excluding carboxylic acids is 1. The van der Waals surface area contributed by atoms with Gasteiger partial charge >= 0.3 is 6.09 Å². The molecule has 164 valence electrons. The van der Waals surface area contributed by atoms with Crippen LogP contribution < -0.4 is 5.32 Å². The van der Waals surface area contributed by atoms with Crippen LogP contribution in [0.2, 0.25) is 0 Å². The first-order valence-electron chi connectivity index (χ1n) is 10.7. The molecule has 0 spiro atoms. The Labute approximate surface area is 191 Å². The number of nitrogens with one attached hydrogen (secondary N) is 1. The van der Waals surface area contributed by atoms with E-state index in [2.05, 4.69) is 34.7 Å². The Hall–Kier alpha value is -4.19. The van der Waals surface area contributed by atoms with Gasteiger partial charge in [-0.05, 0) is 40.5 Å². The zero-order chi connectivity index (χ0) is 22.6. The second-order valence-corrected chi connectivity index (χ2v) is 7.81. The van der Waals surface area contributed by atoms with E-state index < -0.39 is 6.09 Å². The van der Waals surface area contributed by atoms with Gasteiger partial charge in [0.2, 0.25) is 0 Å². The predicted molar refractivity (Wildman–Crippen MR) is 126 cm³/mol. The van der Waals surface area contributed by atoms with Crippen molar-refractivity contribution < 1.29 is 13.9 Å². The summed E-state index contributed by atoms with van der Waals surface area (Å²) >= 11 is 0. The Morgan fingerprint density at radius 1 is 1.03 bits per heavy atom. The summed E-state index contributed by atoms with van der Waals surface area (Å²) in [4.78, 5) is 12.2. The van der Waals surface area contributed by atoms with Crippen molar-refractivity contribution in [1.29, 1.82) is 0 Å². The van der Waals surface area contributed by atoms with Crippen LogP contribution in [0, 0.1) is 5.82 Å². The van der Waals surface area contributed by atoms with Crippen molar-refractivity contribution in [2.75, 3.05) is 13.2 Å². The minimum absolute atomic E-state index is 0.0346. The van der Waals surface area contributed by atoms with E-state index in [1.807, 2.05) is 36.4 Å². The number of ether oxygens (including phenoxy) is 1. The molecule has 6 heteroatoms. The van der Waals surface area contributed by atoms with Crippen LogP contribution in [-0.2, 0) is 4.74 Å². The van der Waals surface area contributed by atoms with Gasteiger partial charge in [0, 0.05) is 24.2 Å². The van der Waals surface area contributed by atoms with Gasteiger partial charge in [-0.3, -0.25) is 0 Å². The fourth-order valence-electron chi connectivity index (χ4n) is 4.17. The molecule has 0 saturated heterocycles. The van der Waals surface area contributed by atoms with Crippen molar-refractivity contribution in [2.45, 2.75) is 5.92 Å². The maximum absolute atomic E-state index is 13.4. The van der Waals surface area contributed by atoms with E-state index in [1.54, 1.807) is 29.2 Å². The van der Waals surface area contributed by atoms with Crippen LogP contribution in [0.15, 0.2) is 91.3 Å². The summed E-state index contributed by atoms with van der Waals surface area (Å²) in [5, 5.41) is 6.98. The third-order valence-electron chi connectivity index (χ3n) is 5.69. The Bertz CT molecular complexity index is 1280. The highest BCUT2D eigenvalue weighted by atomic mass is 19.1. The molecular formula is C27H22FN3O2. The zero-order valence-corrected chi connectivity index (χ0v) is 17.8. The third-order valence-corrected chi connectivity index (χ3v) is 5.69. The van der Waals surface area contributed by atoms with E-state index in [1.165, 1.54) is 34.4 Å². The monoisotopic (exact) mass is 439 g/mol. The van der Waals surface area contributed by atoms with Gasteiger partial charge in [0.1, 0.15) is 12.4 Å². The molecule has 1 N–H and O–H groups in total. The quantitative estimate of drug-likeness (QED) is 0.428.